The Bertz CT molecular complexity index is 1190. The molecule has 3 aliphatic rings. The van der Waals surface area contributed by atoms with Gasteiger partial charge in [0.1, 0.15) is 11.6 Å². The largest absolute Gasteiger partial charge is 0.461 e. The molecule has 2 aromatic rings. The topological polar surface area (TPSA) is 115 Å². The van der Waals surface area contributed by atoms with Crippen LogP contribution in [0, 0.1) is 28.6 Å². The normalized spacial score (nSPS) is 18.9. The maximum Gasteiger partial charge on any atom is 0.357 e. The van der Waals surface area contributed by atoms with Crippen molar-refractivity contribution in [2.45, 2.75) is 77.2 Å². The second-order valence-corrected chi connectivity index (χ2v) is 10.8. The molecule has 2 aliphatic carbocycles. The summed E-state index contributed by atoms with van der Waals surface area (Å²) >= 11 is 0. The summed E-state index contributed by atoms with van der Waals surface area (Å²) in [6.45, 7) is 3.71. The minimum absolute atomic E-state index is 0.124. The number of pyridine rings is 2. The van der Waals surface area contributed by atoms with Crippen molar-refractivity contribution in [1.29, 1.82) is 10.7 Å². The summed E-state index contributed by atoms with van der Waals surface area (Å²) in [7, 11) is 0. The third kappa shape index (κ3) is 5.67. The first-order valence-electron chi connectivity index (χ1n) is 14.3. The van der Waals surface area contributed by atoms with E-state index in [1.807, 2.05) is 18.3 Å². The standard InChI is InChI=1S/C30H38N6O2/c1-2-38-30(37)25-17-24(22-11-12-26(33-19-22)36-15-13-20(18-31)14-16-36)27(28(32)21-7-6-8-21)29(35-25)34-23-9-4-3-5-10-23/h11-12,17,19-21,23,32H,2-10,13-16H2,1H3,(H,34,35). The molecular formula is C30H38N6O2. The van der Waals surface area contributed by atoms with Gasteiger partial charge in [0, 0.05) is 54.0 Å². The summed E-state index contributed by atoms with van der Waals surface area (Å²) < 4.78 is 5.33. The highest BCUT2D eigenvalue weighted by Crippen LogP contribution is 2.38. The van der Waals surface area contributed by atoms with Crippen LogP contribution in [0.5, 0.6) is 0 Å². The molecule has 0 radical (unpaired) electrons. The molecule has 2 saturated carbocycles. The highest BCUT2D eigenvalue weighted by Gasteiger charge is 2.30. The van der Waals surface area contributed by atoms with Gasteiger partial charge < -0.3 is 20.4 Å². The van der Waals surface area contributed by atoms with E-state index in [2.05, 4.69) is 16.3 Å². The summed E-state index contributed by atoms with van der Waals surface area (Å²) in [5.41, 5.74) is 3.31. The number of esters is 1. The number of nitrogens with zero attached hydrogens (tertiary/aromatic N) is 4. The van der Waals surface area contributed by atoms with Crippen LogP contribution in [0.4, 0.5) is 11.6 Å². The molecule has 0 spiro atoms. The second kappa shape index (κ2) is 11.9. The molecule has 0 atom stereocenters. The van der Waals surface area contributed by atoms with Crippen LogP contribution in [-0.2, 0) is 4.74 Å². The fourth-order valence-corrected chi connectivity index (χ4v) is 5.77. The molecule has 2 N–H and O–H groups in total. The Hall–Kier alpha value is -3.47. The Morgan fingerprint density at radius 3 is 2.50 bits per heavy atom. The third-order valence-corrected chi connectivity index (χ3v) is 8.29. The summed E-state index contributed by atoms with van der Waals surface area (Å²) in [4.78, 5) is 24.6. The smallest absolute Gasteiger partial charge is 0.357 e. The van der Waals surface area contributed by atoms with Crippen molar-refractivity contribution in [3.8, 4) is 17.2 Å². The minimum Gasteiger partial charge on any atom is -0.461 e. The summed E-state index contributed by atoms with van der Waals surface area (Å²) in [6, 6.07) is 8.49. The van der Waals surface area contributed by atoms with Crippen molar-refractivity contribution in [3.05, 3.63) is 35.7 Å². The Morgan fingerprint density at radius 1 is 1.13 bits per heavy atom. The number of hydrogen-bond donors (Lipinski definition) is 2. The second-order valence-electron chi connectivity index (χ2n) is 10.8. The van der Waals surface area contributed by atoms with Gasteiger partial charge in [-0.2, -0.15) is 5.26 Å². The Balaban J connectivity index is 1.53. The van der Waals surface area contributed by atoms with E-state index in [1.54, 1.807) is 13.0 Å². The van der Waals surface area contributed by atoms with Crippen molar-refractivity contribution < 1.29 is 9.53 Å². The number of ether oxygens (including phenoxy) is 1. The van der Waals surface area contributed by atoms with E-state index in [-0.39, 0.29) is 30.2 Å². The van der Waals surface area contributed by atoms with Gasteiger partial charge in [0.15, 0.2) is 5.69 Å². The van der Waals surface area contributed by atoms with Crippen LogP contribution >= 0.6 is 0 Å². The van der Waals surface area contributed by atoms with Gasteiger partial charge in [-0.05, 0) is 69.2 Å². The van der Waals surface area contributed by atoms with E-state index in [0.29, 0.717) is 11.5 Å². The molecule has 3 fully saturated rings. The summed E-state index contributed by atoms with van der Waals surface area (Å²) in [6.07, 6.45) is 12.4. The lowest BCUT2D eigenvalue weighted by atomic mass is 9.78. The van der Waals surface area contributed by atoms with E-state index in [1.165, 1.54) is 19.3 Å². The predicted molar refractivity (Wildman–Crippen MR) is 149 cm³/mol. The van der Waals surface area contributed by atoms with Gasteiger partial charge in [0.05, 0.1) is 12.7 Å². The summed E-state index contributed by atoms with van der Waals surface area (Å²) in [5, 5.41) is 22.0. The first kappa shape index (κ1) is 26.1. The zero-order chi connectivity index (χ0) is 26.5. The van der Waals surface area contributed by atoms with E-state index in [4.69, 9.17) is 14.7 Å². The number of nitriles is 1. The minimum atomic E-state index is -0.452. The van der Waals surface area contributed by atoms with E-state index >= 15 is 0 Å². The van der Waals surface area contributed by atoms with Crippen LogP contribution in [0.2, 0.25) is 0 Å². The number of hydrogen-bond acceptors (Lipinski definition) is 8. The lowest BCUT2D eigenvalue weighted by Gasteiger charge is -2.31. The Kier molecular flexibility index (Phi) is 8.21. The average molecular weight is 515 g/mol. The van der Waals surface area contributed by atoms with Crippen molar-refractivity contribution in [3.63, 3.8) is 0 Å². The van der Waals surface area contributed by atoms with E-state index < -0.39 is 5.97 Å². The van der Waals surface area contributed by atoms with Crippen LogP contribution in [0.25, 0.3) is 11.1 Å². The molecule has 0 aromatic carbocycles. The molecule has 8 heteroatoms. The van der Waals surface area contributed by atoms with Crippen LogP contribution < -0.4 is 10.2 Å². The number of rotatable bonds is 8. The van der Waals surface area contributed by atoms with E-state index in [9.17, 15) is 15.5 Å². The van der Waals surface area contributed by atoms with Gasteiger partial charge in [0.2, 0.25) is 0 Å². The van der Waals surface area contributed by atoms with Crippen LogP contribution in [-0.4, -0.2) is 47.4 Å². The predicted octanol–water partition coefficient (Wildman–Crippen LogP) is 5.97. The lowest BCUT2D eigenvalue weighted by molar-refractivity contribution is 0.0519. The highest BCUT2D eigenvalue weighted by molar-refractivity contribution is 6.10. The molecule has 38 heavy (non-hydrogen) atoms. The van der Waals surface area contributed by atoms with Crippen LogP contribution in [0.15, 0.2) is 24.4 Å². The van der Waals surface area contributed by atoms with Crippen LogP contribution in [0.1, 0.15) is 87.2 Å². The molecule has 0 bridgehead atoms. The summed E-state index contributed by atoms with van der Waals surface area (Å²) in [5.74, 6) is 1.40. The van der Waals surface area contributed by atoms with Gasteiger partial charge in [-0.25, -0.2) is 14.8 Å². The number of piperidine rings is 1. The first-order valence-corrected chi connectivity index (χ1v) is 14.3. The van der Waals surface area contributed by atoms with Gasteiger partial charge in [-0.3, -0.25) is 0 Å². The Labute approximate surface area is 225 Å². The molecule has 0 unspecified atom stereocenters. The monoisotopic (exact) mass is 514 g/mol. The molecule has 2 aromatic heterocycles. The highest BCUT2D eigenvalue weighted by atomic mass is 16.5. The zero-order valence-corrected chi connectivity index (χ0v) is 22.3. The molecule has 3 heterocycles. The average Bonchev–Trinajstić information content (AvgIpc) is 2.92. The van der Waals surface area contributed by atoms with Crippen molar-refractivity contribution in [2.75, 3.05) is 29.9 Å². The zero-order valence-electron chi connectivity index (χ0n) is 22.3. The van der Waals surface area contributed by atoms with Crippen molar-refractivity contribution in [2.24, 2.45) is 11.8 Å². The third-order valence-electron chi connectivity index (χ3n) is 8.29. The molecule has 0 amide bonds. The molecule has 1 saturated heterocycles. The molecule has 8 nitrogen and oxygen atoms in total. The van der Waals surface area contributed by atoms with Gasteiger partial charge in [0.25, 0.3) is 0 Å². The van der Waals surface area contributed by atoms with E-state index in [0.717, 1.165) is 80.5 Å². The molecule has 5 rings (SSSR count). The Morgan fingerprint density at radius 2 is 1.89 bits per heavy atom. The fraction of sp³-hybridized carbons (Fsp3) is 0.567. The van der Waals surface area contributed by atoms with Crippen molar-refractivity contribution >= 4 is 23.3 Å². The quantitative estimate of drug-likeness (QED) is 0.329. The number of nitrogens with one attached hydrogen (secondary N) is 2. The number of aromatic nitrogens is 2. The fourth-order valence-electron chi connectivity index (χ4n) is 5.77. The maximum absolute atomic E-state index is 12.9. The lowest BCUT2D eigenvalue weighted by Crippen LogP contribution is -2.33. The number of carbonyl (C=O) groups excluding carboxylic acids is 1. The number of anilines is 2. The SMILES string of the molecule is CCOC(=O)c1cc(-c2ccc(N3CCC(C#N)CC3)nc2)c(C(=N)C2CCC2)c(NC2CCCCC2)n1. The van der Waals surface area contributed by atoms with Gasteiger partial charge in [-0.15, -0.1) is 0 Å². The first-order chi connectivity index (χ1) is 18.6. The number of carbonyl (C=O) groups is 1. The molecule has 200 valence electrons. The maximum atomic E-state index is 12.9. The van der Waals surface area contributed by atoms with Crippen LogP contribution in [0.3, 0.4) is 0 Å². The van der Waals surface area contributed by atoms with Gasteiger partial charge >= 0.3 is 5.97 Å². The molecular weight excluding hydrogens is 476 g/mol. The van der Waals surface area contributed by atoms with Gasteiger partial charge in [-0.1, -0.05) is 25.7 Å². The molecule has 1 aliphatic heterocycles. The van der Waals surface area contributed by atoms with Crippen molar-refractivity contribution in [1.82, 2.24) is 9.97 Å².